The highest BCUT2D eigenvalue weighted by atomic mass is 35.5. The Morgan fingerprint density at radius 2 is 1.68 bits per heavy atom. The zero-order valence-electron chi connectivity index (χ0n) is 10.2. The van der Waals surface area contributed by atoms with Gasteiger partial charge in [-0.25, -0.2) is 4.79 Å². The molecule has 0 spiro atoms. The maximum Gasteiger partial charge on any atom is 0.407 e. The van der Waals surface area contributed by atoms with Crippen molar-refractivity contribution in [2.75, 3.05) is 0 Å². The number of nitrogens with zero attached hydrogens (tertiary/aromatic N) is 2. The molecule has 0 amide bonds. The van der Waals surface area contributed by atoms with Crippen molar-refractivity contribution in [2.45, 2.75) is 12.2 Å². The molecule has 0 radical (unpaired) electrons. The molecule has 4 nitrogen and oxygen atoms in total. The average molecular weight is 296 g/mol. The molecule has 0 aliphatic rings. The van der Waals surface area contributed by atoms with Gasteiger partial charge in [-0.1, -0.05) is 6.07 Å². The Hall–Kier alpha value is -1.47. The van der Waals surface area contributed by atoms with E-state index in [0.717, 1.165) is 0 Å². The number of imidazole rings is 1. The minimum absolute atomic E-state index is 0. The van der Waals surface area contributed by atoms with E-state index in [-0.39, 0.29) is 23.7 Å². The highest BCUT2D eigenvalue weighted by Crippen LogP contribution is 2.31. The average Bonchev–Trinajstić information content (AvgIpc) is 2.52. The van der Waals surface area contributed by atoms with Crippen LogP contribution < -0.4 is 11.4 Å². The van der Waals surface area contributed by atoms with Crippen molar-refractivity contribution in [3.8, 4) is 0 Å². The highest BCUT2D eigenvalue weighted by molar-refractivity contribution is 5.85. The molecule has 1 atom stereocenters. The van der Waals surface area contributed by atoms with Crippen molar-refractivity contribution < 1.29 is 13.2 Å². The second-order valence-corrected chi connectivity index (χ2v) is 4.17. The molecule has 0 aliphatic heterocycles. The smallest absolute Gasteiger partial charge is 0.316 e. The summed E-state index contributed by atoms with van der Waals surface area (Å²) in [6.07, 6.45) is -4.50. The Morgan fingerprint density at radius 3 is 2.21 bits per heavy atom. The Labute approximate surface area is 113 Å². The lowest BCUT2D eigenvalue weighted by Crippen LogP contribution is -2.28. The fourth-order valence-electron chi connectivity index (χ4n) is 1.91. The number of fused-ring (bicyclic) bond motifs is 1. The van der Waals surface area contributed by atoms with Gasteiger partial charge in [0.15, 0.2) is 0 Å². The molecule has 0 bridgehead atoms. The molecule has 1 unspecified atom stereocenters. The van der Waals surface area contributed by atoms with Crippen molar-refractivity contribution in [1.29, 1.82) is 0 Å². The molecule has 8 heteroatoms. The van der Waals surface area contributed by atoms with Crippen LogP contribution in [-0.2, 0) is 14.1 Å². The first-order valence-corrected chi connectivity index (χ1v) is 5.21. The minimum atomic E-state index is -4.50. The molecule has 106 valence electrons. The Balaban J connectivity index is 0.00000180. The van der Waals surface area contributed by atoms with Gasteiger partial charge in [0.2, 0.25) is 0 Å². The topological polar surface area (TPSA) is 53.0 Å². The summed E-state index contributed by atoms with van der Waals surface area (Å²) in [5, 5.41) is 0. The summed E-state index contributed by atoms with van der Waals surface area (Å²) in [7, 11) is 3.07. The van der Waals surface area contributed by atoms with Crippen LogP contribution in [0, 0.1) is 0 Å². The normalized spacial score (nSPS) is 13.4. The van der Waals surface area contributed by atoms with Gasteiger partial charge in [-0.05, 0) is 17.7 Å². The van der Waals surface area contributed by atoms with E-state index >= 15 is 0 Å². The van der Waals surface area contributed by atoms with Crippen molar-refractivity contribution in [3.05, 3.63) is 34.2 Å². The van der Waals surface area contributed by atoms with Gasteiger partial charge in [0.05, 0.1) is 11.0 Å². The summed E-state index contributed by atoms with van der Waals surface area (Å²) in [6.45, 7) is 0. The Kier molecular flexibility index (Phi) is 4.02. The van der Waals surface area contributed by atoms with Crippen molar-refractivity contribution >= 4 is 23.4 Å². The molecular weight excluding hydrogens is 283 g/mol. The third-order valence-electron chi connectivity index (χ3n) is 3.01. The Bertz CT molecular complexity index is 659. The fraction of sp³-hybridized carbons (Fsp3) is 0.364. The number of hydrogen-bond acceptors (Lipinski definition) is 2. The molecule has 0 saturated heterocycles. The summed E-state index contributed by atoms with van der Waals surface area (Å²) in [6, 6.07) is 2.02. The van der Waals surface area contributed by atoms with Gasteiger partial charge in [0.25, 0.3) is 0 Å². The molecule has 19 heavy (non-hydrogen) atoms. The molecule has 1 aromatic heterocycles. The van der Waals surface area contributed by atoms with Crippen molar-refractivity contribution in [3.63, 3.8) is 0 Å². The largest absolute Gasteiger partial charge is 0.407 e. The zero-order chi connectivity index (χ0) is 13.7. The number of rotatable bonds is 1. The van der Waals surface area contributed by atoms with Gasteiger partial charge in [-0.15, -0.1) is 12.4 Å². The first kappa shape index (κ1) is 15.6. The van der Waals surface area contributed by atoms with Gasteiger partial charge >= 0.3 is 11.9 Å². The second-order valence-electron chi connectivity index (χ2n) is 4.17. The summed E-state index contributed by atoms with van der Waals surface area (Å²) in [5.74, 6) is 0. The molecule has 1 aromatic carbocycles. The third-order valence-corrected chi connectivity index (χ3v) is 3.01. The number of nitrogens with two attached hydrogens (primary N) is 1. The van der Waals surface area contributed by atoms with E-state index < -0.39 is 12.2 Å². The van der Waals surface area contributed by atoms with E-state index in [1.807, 2.05) is 0 Å². The van der Waals surface area contributed by atoms with Crippen LogP contribution in [0.3, 0.4) is 0 Å². The van der Waals surface area contributed by atoms with Gasteiger partial charge in [-0.3, -0.25) is 9.13 Å². The van der Waals surface area contributed by atoms with Gasteiger partial charge in [0.1, 0.15) is 6.04 Å². The zero-order valence-corrected chi connectivity index (χ0v) is 11.0. The van der Waals surface area contributed by atoms with Crippen LogP contribution in [0.5, 0.6) is 0 Å². The van der Waals surface area contributed by atoms with E-state index in [0.29, 0.717) is 11.0 Å². The quantitative estimate of drug-likeness (QED) is 0.873. The molecule has 0 saturated carbocycles. The molecule has 0 aliphatic carbocycles. The van der Waals surface area contributed by atoms with E-state index in [2.05, 4.69) is 0 Å². The van der Waals surface area contributed by atoms with E-state index in [1.165, 1.54) is 34.4 Å². The number of alkyl halides is 3. The van der Waals surface area contributed by atoms with Crippen LogP contribution in [0.25, 0.3) is 11.0 Å². The first-order valence-electron chi connectivity index (χ1n) is 5.21. The molecular formula is C11H13ClF3N3O. The van der Waals surface area contributed by atoms with Crippen molar-refractivity contribution in [1.82, 2.24) is 9.13 Å². The molecule has 2 aromatic rings. The summed E-state index contributed by atoms with van der Waals surface area (Å²) in [5.41, 5.74) is 5.79. The second kappa shape index (κ2) is 4.90. The molecule has 2 N–H and O–H groups in total. The van der Waals surface area contributed by atoms with Gasteiger partial charge in [0, 0.05) is 14.1 Å². The maximum atomic E-state index is 12.5. The van der Waals surface area contributed by atoms with E-state index in [9.17, 15) is 18.0 Å². The first-order chi connectivity index (χ1) is 8.23. The van der Waals surface area contributed by atoms with Crippen LogP contribution in [0.2, 0.25) is 0 Å². The Morgan fingerprint density at radius 1 is 1.16 bits per heavy atom. The predicted octanol–water partition coefficient (Wildman–Crippen LogP) is 1.86. The number of hydrogen-bond donors (Lipinski definition) is 1. The minimum Gasteiger partial charge on any atom is -0.316 e. The van der Waals surface area contributed by atoms with Gasteiger partial charge in [-0.2, -0.15) is 13.2 Å². The number of benzene rings is 1. The van der Waals surface area contributed by atoms with Crippen LogP contribution >= 0.6 is 12.4 Å². The van der Waals surface area contributed by atoms with E-state index in [4.69, 9.17) is 5.73 Å². The van der Waals surface area contributed by atoms with Crippen LogP contribution in [0.15, 0.2) is 23.0 Å². The summed E-state index contributed by atoms with van der Waals surface area (Å²) >= 11 is 0. The number of halogens is 4. The summed E-state index contributed by atoms with van der Waals surface area (Å²) < 4.78 is 40.2. The van der Waals surface area contributed by atoms with Gasteiger partial charge < -0.3 is 5.73 Å². The maximum absolute atomic E-state index is 12.5. The highest BCUT2D eigenvalue weighted by Gasteiger charge is 2.38. The van der Waals surface area contributed by atoms with Crippen LogP contribution in [0.1, 0.15) is 11.6 Å². The fourth-order valence-corrected chi connectivity index (χ4v) is 1.91. The number of aromatic nitrogens is 2. The SMILES string of the molecule is Cl.Cn1c(=O)n(C)c2cc(C(N)C(F)(F)F)ccc21. The molecule has 2 rings (SSSR count). The predicted molar refractivity (Wildman–Crippen MR) is 68.4 cm³/mol. The molecule has 0 fully saturated rings. The number of aryl methyl sites for hydroxylation is 2. The monoisotopic (exact) mass is 295 g/mol. The molecule has 1 heterocycles. The van der Waals surface area contributed by atoms with Crippen LogP contribution in [0.4, 0.5) is 13.2 Å². The van der Waals surface area contributed by atoms with Crippen LogP contribution in [-0.4, -0.2) is 15.3 Å². The lowest BCUT2D eigenvalue weighted by molar-refractivity contribution is -0.149. The summed E-state index contributed by atoms with van der Waals surface area (Å²) in [4.78, 5) is 11.6. The van der Waals surface area contributed by atoms with E-state index in [1.54, 1.807) is 7.05 Å². The van der Waals surface area contributed by atoms with Crippen molar-refractivity contribution in [2.24, 2.45) is 19.8 Å². The lowest BCUT2D eigenvalue weighted by Gasteiger charge is -2.15. The standard InChI is InChI=1S/C11H12F3N3O.ClH/c1-16-7-4-3-6(9(15)11(12,13)14)5-8(7)17(2)10(16)18;/h3-5,9H,15H2,1-2H3;1H. The lowest BCUT2D eigenvalue weighted by atomic mass is 10.1. The third kappa shape index (κ3) is 2.48.